The molecule has 0 spiro atoms. The molecule has 0 bridgehead atoms. The summed E-state index contributed by atoms with van der Waals surface area (Å²) in [6.07, 6.45) is 0. The number of hydrogen-bond acceptors (Lipinski definition) is 5. The lowest BCUT2D eigenvalue weighted by Crippen LogP contribution is -2.11. The van der Waals surface area contributed by atoms with Gasteiger partial charge in [0.1, 0.15) is 12.4 Å². The average molecular weight is 294 g/mol. The summed E-state index contributed by atoms with van der Waals surface area (Å²) >= 11 is 0. The van der Waals surface area contributed by atoms with E-state index < -0.39 is 10.7 Å². The highest BCUT2D eigenvalue weighted by atomic mass is 19.1. The summed E-state index contributed by atoms with van der Waals surface area (Å²) < 4.78 is 15.0. The summed E-state index contributed by atoms with van der Waals surface area (Å²) in [6.45, 7) is 4.02. The first kappa shape index (κ1) is 15.0. The number of nitrogens with zero attached hydrogens (tertiary/aromatic N) is 4. The molecule has 1 aromatic carbocycles. The summed E-state index contributed by atoms with van der Waals surface area (Å²) in [5.74, 6) is 0.0779. The second-order valence-electron chi connectivity index (χ2n) is 5.02. The van der Waals surface area contributed by atoms with Crippen LogP contribution >= 0.6 is 0 Å². The molecule has 0 aliphatic heterocycles. The van der Waals surface area contributed by atoms with Crippen LogP contribution in [0.5, 0.6) is 0 Å². The molecule has 0 aliphatic rings. The van der Waals surface area contributed by atoms with Gasteiger partial charge in [0, 0.05) is 12.6 Å². The molecule has 1 N–H and O–H groups in total. The highest BCUT2D eigenvalue weighted by molar-refractivity contribution is 5.68. The normalized spacial score (nSPS) is 11.1. The number of aliphatic hydroxyl groups excluding tert-OH is 1. The van der Waals surface area contributed by atoms with E-state index in [0.29, 0.717) is 6.54 Å². The predicted molar refractivity (Wildman–Crippen MR) is 72.8 cm³/mol. The summed E-state index contributed by atoms with van der Waals surface area (Å²) in [6, 6.07) is 3.18. The van der Waals surface area contributed by atoms with Crippen LogP contribution in [0, 0.1) is 21.8 Å². The molecule has 0 unspecified atom stereocenters. The van der Waals surface area contributed by atoms with E-state index in [4.69, 9.17) is 0 Å². The minimum absolute atomic E-state index is 0.0489. The first-order valence-corrected chi connectivity index (χ1v) is 6.41. The summed E-state index contributed by atoms with van der Waals surface area (Å²) in [5.41, 5.74) is -0.203. The smallest absolute Gasteiger partial charge is 0.280 e. The Hall–Kier alpha value is -2.35. The van der Waals surface area contributed by atoms with Crippen LogP contribution in [0.15, 0.2) is 18.2 Å². The molecule has 0 aliphatic carbocycles. The molecule has 0 radical (unpaired) electrons. The Balaban J connectivity index is 2.64. The maximum Gasteiger partial charge on any atom is 0.280 e. The van der Waals surface area contributed by atoms with Gasteiger partial charge in [-0.3, -0.25) is 10.1 Å². The number of aromatic nitrogens is 3. The van der Waals surface area contributed by atoms with Crippen molar-refractivity contribution in [1.82, 2.24) is 14.8 Å². The van der Waals surface area contributed by atoms with Crippen molar-refractivity contribution < 1.29 is 14.4 Å². The van der Waals surface area contributed by atoms with Gasteiger partial charge in [0.25, 0.3) is 5.69 Å². The third-order valence-electron chi connectivity index (χ3n) is 2.91. The highest BCUT2D eigenvalue weighted by Crippen LogP contribution is 2.30. The minimum Gasteiger partial charge on any atom is -0.388 e. The molecule has 2 aromatic rings. The molecule has 0 amide bonds. The quantitative estimate of drug-likeness (QED) is 0.673. The van der Waals surface area contributed by atoms with Gasteiger partial charge >= 0.3 is 0 Å². The van der Waals surface area contributed by atoms with Gasteiger partial charge in [0.15, 0.2) is 11.6 Å². The van der Waals surface area contributed by atoms with E-state index in [1.54, 1.807) is 4.57 Å². The second-order valence-corrected chi connectivity index (χ2v) is 5.02. The molecule has 2 rings (SSSR count). The van der Waals surface area contributed by atoms with E-state index in [-0.39, 0.29) is 35.4 Å². The standard InChI is InChI=1S/C13H15FN4O3/c1-8(2)6-17-12(7-19)15-16-13(17)10-5-9(14)3-4-11(10)18(20)21/h3-5,8,19H,6-7H2,1-2H3. The number of rotatable bonds is 5. The van der Waals surface area contributed by atoms with E-state index in [1.165, 1.54) is 0 Å². The SMILES string of the molecule is CC(C)Cn1c(CO)nnc1-c1cc(F)ccc1[N+](=O)[O-]. The fourth-order valence-corrected chi connectivity index (χ4v) is 2.06. The molecule has 0 saturated carbocycles. The van der Waals surface area contributed by atoms with Gasteiger partial charge in [-0.2, -0.15) is 0 Å². The van der Waals surface area contributed by atoms with Crippen LogP contribution in [0.25, 0.3) is 11.4 Å². The zero-order valence-electron chi connectivity index (χ0n) is 11.7. The lowest BCUT2D eigenvalue weighted by atomic mass is 10.1. The van der Waals surface area contributed by atoms with Crippen molar-refractivity contribution in [2.75, 3.05) is 0 Å². The Morgan fingerprint density at radius 3 is 2.71 bits per heavy atom. The van der Waals surface area contributed by atoms with Crippen LogP contribution in [0.2, 0.25) is 0 Å². The van der Waals surface area contributed by atoms with Gasteiger partial charge in [-0.05, 0) is 18.1 Å². The average Bonchev–Trinajstić information content (AvgIpc) is 2.80. The van der Waals surface area contributed by atoms with Gasteiger partial charge in [-0.15, -0.1) is 10.2 Å². The molecule has 1 aromatic heterocycles. The number of aliphatic hydroxyl groups is 1. The van der Waals surface area contributed by atoms with E-state index >= 15 is 0 Å². The van der Waals surface area contributed by atoms with Crippen molar-refractivity contribution >= 4 is 5.69 Å². The second kappa shape index (κ2) is 5.96. The molecule has 7 nitrogen and oxygen atoms in total. The van der Waals surface area contributed by atoms with Crippen LogP contribution < -0.4 is 0 Å². The molecule has 1 heterocycles. The van der Waals surface area contributed by atoms with Crippen molar-refractivity contribution in [2.24, 2.45) is 5.92 Å². The summed E-state index contributed by atoms with van der Waals surface area (Å²) in [4.78, 5) is 10.5. The van der Waals surface area contributed by atoms with Crippen LogP contribution in [0.4, 0.5) is 10.1 Å². The lowest BCUT2D eigenvalue weighted by Gasteiger charge is -2.12. The Morgan fingerprint density at radius 2 is 2.14 bits per heavy atom. The Bertz CT molecular complexity index is 669. The molecular formula is C13H15FN4O3. The van der Waals surface area contributed by atoms with E-state index in [2.05, 4.69) is 10.2 Å². The Kier molecular flexibility index (Phi) is 4.27. The van der Waals surface area contributed by atoms with Crippen LogP contribution in [0.3, 0.4) is 0 Å². The van der Waals surface area contributed by atoms with Crippen LogP contribution in [-0.2, 0) is 13.2 Å². The number of nitro groups is 1. The van der Waals surface area contributed by atoms with Crippen LogP contribution in [-0.4, -0.2) is 24.8 Å². The van der Waals surface area contributed by atoms with Crippen molar-refractivity contribution in [3.05, 3.63) is 40.0 Å². The molecule has 21 heavy (non-hydrogen) atoms. The molecular weight excluding hydrogens is 279 g/mol. The first-order chi connectivity index (χ1) is 9.93. The van der Waals surface area contributed by atoms with Gasteiger partial charge in [0.05, 0.1) is 10.5 Å². The zero-order chi connectivity index (χ0) is 15.6. The van der Waals surface area contributed by atoms with E-state index in [0.717, 1.165) is 18.2 Å². The fraction of sp³-hybridized carbons (Fsp3) is 0.385. The fourth-order valence-electron chi connectivity index (χ4n) is 2.06. The van der Waals surface area contributed by atoms with Gasteiger partial charge < -0.3 is 9.67 Å². The van der Waals surface area contributed by atoms with Crippen molar-refractivity contribution in [1.29, 1.82) is 0 Å². The maximum atomic E-state index is 13.4. The van der Waals surface area contributed by atoms with Gasteiger partial charge in [-0.25, -0.2) is 4.39 Å². The molecule has 0 saturated heterocycles. The monoisotopic (exact) mass is 294 g/mol. The van der Waals surface area contributed by atoms with Crippen molar-refractivity contribution in [3.63, 3.8) is 0 Å². The first-order valence-electron chi connectivity index (χ1n) is 6.41. The highest BCUT2D eigenvalue weighted by Gasteiger charge is 2.23. The number of hydrogen-bond donors (Lipinski definition) is 1. The van der Waals surface area contributed by atoms with Gasteiger partial charge in [-0.1, -0.05) is 13.8 Å². The van der Waals surface area contributed by atoms with Crippen molar-refractivity contribution in [3.8, 4) is 11.4 Å². The van der Waals surface area contributed by atoms with Crippen LogP contribution in [0.1, 0.15) is 19.7 Å². The van der Waals surface area contributed by atoms with Gasteiger partial charge in [0.2, 0.25) is 0 Å². The largest absolute Gasteiger partial charge is 0.388 e. The Labute approximate surface area is 120 Å². The topological polar surface area (TPSA) is 94.1 Å². The summed E-state index contributed by atoms with van der Waals surface area (Å²) in [5, 5.41) is 28.1. The molecule has 112 valence electrons. The Morgan fingerprint density at radius 1 is 1.43 bits per heavy atom. The third-order valence-corrected chi connectivity index (χ3v) is 2.91. The number of benzene rings is 1. The third kappa shape index (κ3) is 3.05. The lowest BCUT2D eigenvalue weighted by molar-refractivity contribution is -0.384. The number of halogens is 1. The van der Waals surface area contributed by atoms with Crippen molar-refractivity contribution in [2.45, 2.75) is 27.0 Å². The zero-order valence-corrected chi connectivity index (χ0v) is 11.7. The predicted octanol–water partition coefficient (Wildman–Crippen LogP) is 2.14. The molecule has 8 heteroatoms. The summed E-state index contributed by atoms with van der Waals surface area (Å²) in [7, 11) is 0. The van der Waals surface area contributed by atoms with E-state index in [1.807, 2.05) is 13.8 Å². The maximum absolute atomic E-state index is 13.4. The number of nitro benzene ring substituents is 1. The minimum atomic E-state index is -0.597. The molecule has 0 atom stereocenters. The van der Waals surface area contributed by atoms with E-state index in [9.17, 15) is 19.6 Å². The molecule has 0 fully saturated rings.